The summed E-state index contributed by atoms with van der Waals surface area (Å²) in [5.41, 5.74) is 2.65. The van der Waals surface area contributed by atoms with Gasteiger partial charge in [-0.1, -0.05) is 79.7 Å². The van der Waals surface area contributed by atoms with Crippen molar-refractivity contribution in [2.45, 2.75) is 39.2 Å². The number of benzene rings is 3. The normalized spacial score (nSPS) is 11.5. The van der Waals surface area contributed by atoms with Crippen molar-refractivity contribution in [3.05, 3.63) is 89.7 Å². The van der Waals surface area contributed by atoms with E-state index in [1.165, 1.54) is 18.2 Å². The van der Waals surface area contributed by atoms with Crippen LogP contribution in [0.3, 0.4) is 0 Å². The first-order valence-corrected chi connectivity index (χ1v) is 11.5. The monoisotopic (exact) mass is 511 g/mol. The number of hydrogen-bond donors (Lipinski definition) is 1. The van der Waals surface area contributed by atoms with Crippen molar-refractivity contribution in [2.24, 2.45) is 0 Å². The van der Waals surface area contributed by atoms with Gasteiger partial charge in [-0.05, 0) is 17.7 Å². The Balaban J connectivity index is 1.78. The van der Waals surface area contributed by atoms with E-state index in [0.717, 1.165) is 5.56 Å². The third kappa shape index (κ3) is 6.11. The number of hydrogen-bond acceptors (Lipinski definition) is 5. The van der Waals surface area contributed by atoms with E-state index in [-0.39, 0.29) is 30.2 Å². The van der Waals surface area contributed by atoms with E-state index in [0.29, 0.717) is 28.2 Å². The van der Waals surface area contributed by atoms with Crippen LogP contribution in [0.15, 0.2) is 77.3 Å². The predicted octanol–water partition coefficient (Wildman–Crippen LogP) is 7.24. The lowest BCUT2D eigenvalue weighted by molar-refractivity contribution is -0.274. The van der Waals surface area contributed by atoms with Gasteiger partial charge in [-0.3, -0.25) is 4.79 Å². The van der Waals surface area contributed by atoms with Crippen LogP contribution in [0.4, 0.5) is 13.2 Å². The van der Waals surface area contributed by atoms with Gasteiger partial charge in [0.05, 0.1) is 12.0 Å². The summed E-state index contributed by atoms with van der Waals surface area (Å²) in [4.78, 5) is 11.5. The Hall–Kier alpha value is -4.27. The van der Waals surface area contributed by atoms with Crippen molar-refractivity contribution in [1.29, 1.82) is 0 Å². The van der Waals surface area contributed by atoms with Crippen molar-refractivity contribution < 1.29 is 37.1 Å². The van der Waals surface area contributed by atoms with Gasteiger partial charge in [-0.25, -0.2) is 0 Å². The predicted molar refractivity (Wildman–Crippen MR) is 130 cm³/mol. The van der Waals surface area contributed by atoms with Gasteiger partial charge in [-0.15, -0.1) is 13.2 Å². The van der Waals surface area contributed by atoms with E-state index < -0.39 is 18.1 Å². The summed E-state index contributed by atoms with van der Waals surface area (Å²) in [5, 5.41) is 13.5. The van der Waals surface area contributed by atoms with Crippen LogP contribution in [-0.2, 0) is 17.8 Å². The molecule has 192 valence electrons. The Morgan fingerprint density at radius 1 is 0.973 bits per heavy atom. The molecule has 0 aliphatic carbocycles. The first-order valence-electron chi connectivity index (χ1n) is 11.5. The maximum Gasteiger partial charge on any atom is 0.573 e. The Kier molecular flexibility index (Phi) is 7.52. The van der Waals surface area contributed by atoms with Gasteiger partial charge in [0.15, 0.2) is 0 Å². The van der Waals surface area contributed by atoms with Crippen LogP contribution in [0.25, 0.3) is 22.4 Å². The summed E-state index contributed by atoms with van der Waals surface area (Å²) in [6.45, 7) is 3.60. The molecule has 37 heavy (non-hydrogen) atoms. The summed E-state index contributed by atoms with van der Waals surface area (Å²) in [6.07, 6.45) is -5.16. The Bertz CT molecular complexity index is 1380. The van der Waals surface area contributed by atoms with E-state index in [4.69, 9.17) is 9.26 Å². The van der Waals surface area contributed by atoms with Crippen LogP contribution in [0, 0.1) is 0 Å². The molecule has 0 bridgehead atoms. The van der Waals surface area contributed by atoms with E-state index in [9.17, 15) is 23.1 Å². The molecule has 0 spiro atoms. The van der Waals surface area contributed by atoms with Gasteiger partial charge in [0.2, 0.25) is 0 Å². The summed E-state index contributed by atoms with van der Waals surface area (Å²) in [5.74, 6) is -0.803. The minimum atomic E-state index is -4.89. The molecule has 0 radical (unpaired) electrons. The molecule has 3 aromatic carbocycles. The second kappa shape index (κ2) is 10.8. The molecule has 6 nitrogen and oxygen atoms in total. The minimum absolute atomic E-state index is 0.0937. The van der Waals surface area contributed by atoms with Crippen molar-refractivity contribution >= 4 is 5.97 Å². The van der Waals surface area contributed by atoms with Crippen LogP contribution in [0.1, 0.15) is 36.7 Å². The summed E-state index contributed by atoms with van der Waals surface area (Å²) in [6, 6.07) is 20.2. The molecule has 0 atom stereocenters. The molecule has 4 aromatic rings. The molecule has 0 aliphatic rings. The molecule has 1 N–H and O–H groups in total. The molecule has 0 fully saturated rings. The number of alkyl halides is 3. The molecule has 9 heteroatoms. The van der Waals surface area contributed by atoms with Gasteiger partial charge < -0.3 is 19.1 Å². The number of para-hydroxylation sites is 2. The topological polar surface area (TPSA) is 81.8 Å². The second-order valence-electron chi connectivity index (χ2n) is 8.59. The molecular weight excluding hydrogens is 487 g/mol. The fraction of sp³-hybridized carbons (Fsp3) is 0.214. The summed E-state index contributed by atoms with van der Waals surface area (Å²) < 4.78 is 55.2. The zero-order valence-electron chi connectivity index (χ0n) is 20.1. The Morgan fingerprint density at radius 2 is 1.65 bits per heavy atom. The fourth-order valence-electron chi connectivity index (χ4n) is 4.05. The van der Waals surface area contributed by atoms with Gasteiger partial charge >= 0.3 is 12.3 Å². The van der Waals surface area contributed by atoms with E-state index in [2.05, 4.69) is 9.89 Å². The minimum Gasteiger partial charge on any atom is -0.488 e. The highest BCUT2D eigenvalue weighted by molar-refractivity contribution is 5.77. The SMILES string of the molecule is CC(C)c1onc(-c2ccccc2OC(F)(F)F)c1COc1c(CC(=O)O)cccc1-c1ccccc1. The molecule has 0 saturated carbocycles. The van der Waals surface area contributed by atoms with Crippen molar-refractivity contribution in [2.75, 3.05) is 0 Å². The van der Waals surface area contributed by atoms with Crippen molar-refractivity contribution in [1.82, 2.24) is 5.16 Å². The maximum absolute atomic E-state index is 13.1. The van der Waals surface area contributed by atoms with Crippen LogP contribution in [0.5, 0.6) is 11.5 Å². The fourth-order valence-corrected chi connectivity index (χ4v) is 4.05. The average molecular weight is 511 g/mol. The lowest BCUT2D eigenvalue weighted by atomic mass is 9.99. The van der Waals surface area contributed by atoms with E-state index in [1.807, 2.05) is 50.2 Å². The Morgan fingerprint density at radius 3 is 2.32 bits per heavy atom. The highest BCUT2D eigenvalue weighted by atomic mass is 19.4. The van der Waals surface area contributed by atoms with Gasteiger partial charge in [-0.2, -0.15) is 0 Å². The number of halogens is 3. The number of aliphatic carboxylic acids is 1. The molecule has 1 aromatic heterocycles. The number of carboxylic acid groups (broad SMARTS) is 1. The molecule has 4 rings (SSSR count). The zero-order chi connectivity index (χ0) is 26.6. The first-order chi connectivity index (χ1) is 17.6. The highest BCUT2D eigenvalue weighted by Gasteiger charge is 2.33. The number of carbonyl (C=O) groups is 1. The van der Waals surface area contributed by atoms with E-state index in [1.54, 1.807) is 18.2 Å². The summed E-state index contributed by atoms with van der Waals surface area (Å²) in [7, 11) is 0. The van der Waals surface area contributed by atoms with Gasteiger partial charge in [0.1, 0.15) is 29.6 Å². The summed E-state index contributed by atoms with van der Waals surface area (Å²) >= 11 is 0. The van der Waals surface area contributed by atoms with Gasteiger partial charge in [0.25, 0.3) is 0 Å². The van der Waals surface area contributed by atoms with Crippen molar-refractivity contribution in [3.8, 4) is 33.9 Å². The smallest absolute Gasteiger partial charge is 0.488 e. The Labute approximate surface area is 211 Å². The van der Waals surface area contributed by atoms with Crippen LogP contribution >= 0.6 is 0 Å². The highest BCUT2D eigenvalue weighted by Crippen LogP contribution is 2.39. The van der Waals surface area contributed by atoms with Crippen molar-refractivity contribution in [3.63, 3.8) is 0 Å². The third-order valence-electron chi connectivity index (χ3n) is 5.59. The quantitative estimate of drug-likeness (QED) is 0.255. The maximum atomic E-state index is 13.1. The van der Waals surface area contributed by atoms with Gasteiger partial charge in [0, 0.05) is 22.6 Å². The van der Waals surface area contributed by atoms with Crippen LogP contribution < -0.4 is 9.47 Å². The third-order valence-corrected chi connectivity index (χ3v) is 5.59. The largest absolute Gasteiger partial charge is 0.573 e. The number of nitrogens with zero attached hydrogens (tertiary/aromatic N) is 1. The number of rotatable bonds is 9. The molecule has 1 heterocycles. The molecule has 0 amide bonds. The van der Waals surface area contributed by atoms with Crippen LogP contribution in [0.2, 0.25) is 0 Å². The van der Waals surface area contributed by atoms with Crippen LogP contribution in [-0.4, -0.2) is 22.6 Å². The molecular formula is C28H24F3NO5. The molecule has 0 aliphatic heterocycles. The molecule has 0 saturated heterocycles. The first kappa shape index (κ1) is 25.8. The number of ether oxygens (including phenoxy) is 2. The standard InChI is InChI=1S/C28H24F3NO5/c1-17(2)26-22(25(32-37-26)21-12-6-7-14-23(21)36-28(29,30)31)16-35-27-19(15-24(33)34)11-8-13-20(27)18-9-4-3-5-10-18/h3-14,17H,15-16H2,1-2H3,(H,33,34). The second-order valence-corrected chi connectivity index (χ2v) is 8.59. The number of carboxylic acids is 1. The number of aromatic nitrogens is 1. The van der Waals surface area contributed by atoms with E-state index >= 15 is 0 Å². The lowest BCUT2D eigenvalue weighted by Gasteiger charge is -2.17. The molecule has 0 unspecified atom stereocenters. The lowest BCUT2D eigenvalue weighted by Crippen LogP contribution is -2.17. The zero-order valence-corrected chi connectivity index (χ0v) is 20.1. The average Bonchev–Trinajstić information content (AvgIpc) is 3.26.